The average Bonchev–Trinajstić information content (AvgIpc) is 2.67. The number of halogens is 2. The van der Waals surface area contributed by atoms with Crippen LogP contribution in [0.1, 0.15) is 25.8 Å². The molecule has 0 aliphatic carbocycles. The van der Waals surface area contributed by atoms with Crippen LogP contribution in [0.5, 0.6) is 0 Å². The number of carbonyl (C=O) groups excluding carboxylic acids is 1. The number of aromatic nitrogens is 1. The minimum atomic E-state index is -0.367. The molecule has 5 heteroatoms. The summed E-state index contributed by atoms with van der Waals surface area (Å²) in [5.74, 6) is 0.199. The fourth-order valence-electron chi connectivity index (χ4n) is 2.81. The third kappa shape index (κ3) is 2.38. The van der Waals surface area contributed by atoms with Crippen molar-refractivity contribution in [2.24, 2.45) is 5.41 Å². The number of rotatable bonds is 1. The average molecular weight is 307 g/mol. The number of benzene rings is 1. The number of carbonyl (C=O) groups is 1. The maximum atomic E-state index is 13.4. The molecular weight excluding hydrogens is 291 g/mol. The van der Waals surface area contributed by atoms with Crippen molar-refractivity contribution in [3.8, 4) is 0 Å². The standard InChI is InChI=1S/C16H16ClFN2O/c1-9-14(17)11-5-4-10(18)6-12(11)19-15(9)20-8-16(2,3)7-13(20)21/h4-6H,7-8H2,1-3H3. The fraction of sp³-hybridized carbons (Fsp3) is 0.375. The maximum absolute atomic E-state index is 13.4. The van der Waals surface area contributed by atoms with E-state index in [1.54, 1.807) is 11.0 Å². The quantitative estimate of drug-likeness (QED) is 0.794. The fourth-order valence-corrected chi connectivity index (χ4v) is 3.06. The number of amides is 1. The lowest BCUT2D eigenvalue weighted by Crippen LogP contribution is -2.27. The van der Waals surface area contributed by atoms with Gasteiger partial charge in [0.1, 0.15) is 11.6 Å². The van der Waals surface area contributed by atoms with Gasteiger partial charge in [-0.3, -0.25) is 9.69 Å². The molecule has 1 fully saturated rings. The van der Waals surface area contributed by atoms with Gasteiger partial charge >= 0.3 is 0 Å². The Balaban J connectivity index is 2.19. The predicted octanol–water partition coefficient (Wildman–Crippen LogP) is 4.10. The van der Waals surface area contributed by atoms with Crippen LogP contribution < -0.4 is 4.90 Å². The molecule has 21 heavy (non-hydrogen) atoms. The van der Waals surface area contributed by atoms with Crippen LogP contribution in [0.25, 0.3) is 10.9 Å². The van der Waals surface area contributed by atoms with Gasteiger partial charge in [0.25, 0.3) is 0 Å². The van der Waals surface area contributed by atoms with E-state index >= 15 is 0 Å². The summed E-state index contributed by atoms with van der Waals surface area (Å²) in [6.45, 7) is 6.52. The molecule has 1 aromatic heterocycles. The Bertz CT molecular complexity index is 758. The second-order valence-corrected chi connectivity index (χ2v) is 6.73. The van der Waals surface area contributed by atoms with E-state index < -0.39 is 0 Å². The highest BCUT2D eigenvalue weighted by Gasteiger charge is 2.38. The number of pyridine rings is 1. The summed E-state index contributed by atoms with van der Waals surface area (Å²) < 4.78 is 13.4. The summed E-state index contributed by atoms with van der Waals surface area (Å²) in [5, 5.41) is 1.22. The summed E-state index contributed by atoms with van der Waals surface area (Å²) in [4.78, 5) is 18.4. The monoisotopic (exact) mass is 306 g/mol. The van der Waals surface area contributed by atoms with Crippen molar-refractivity contribution in [2.75, 3.05) is 11.4 Å². The summed E-state index contributed by atoms with van der Waals surface area (Å²) in [6, 6.07) is 4.32. The highest BCUT2D eigenvalue weighted by molar-refractivity contribution is 6.36. The largest absolute Gasteiger partial charge is 0.296 e. The molecule has 1 aliphatic heterocycles. The van der Waals surface area contributed by atoms with Crippen LogP contribution >= 0.6 is 11.6 Å². The first-order valence-corrected chi connectivity index (χ1v) is 7.22. The minimum absolute atomic E-state index is 0.0300. The van der Waals surface area contributed by atoms with Gasteiger partial charge in [-0.25, -0.2) is 9.37 Å². The van der Waals surface area contributed by atoms with Crippen molar-refractivity contribution in [3.05, 3.63) is 34.6 Å². The Labute approximate surface area is 127 Å². The smallest absolute Gasteiger partial charge is 0.228 e. The summed E-state index contributed by atoms with van der Waals surface area (Å²) >= 11 is 6.38. The van der Waals surface area contributed by atoms with Gasteiger partial charge in [0.2, 0.25) is 5.91 Å². The van der Waals surface area contributed by atoms with Crippen LogP contribution in [0.4, 0.5) is 10.2 Å². The second-order valence-electron chi connectivity index (χ2n) is 6.36. The predicted molar refractivity (Wildman–Crippen MR) is 82.2 cm³/mol. The van der Waals surface area contributed by atoms with Crippen molar-refractivity contribution in [1.82, 2.24) is 4.98 Å². The molecule has 1 saturated heterocycles. The van der Waals surface area contributed by atoms with Gasteiger partial charge in [0.05, 0.1) is 10.5 Å². The van der Waals surface area contributed by atoms with Gasteiger partial charge in [-0.2, -0.15) is 0 Å². The van der Waals surface area contributed by atoms with Crippen LogP contribution in [0.2, 0.25) is 5.02 Å². The molecule has 0 spiro atoms. The van der Waals surface area contributed by atoms with Crippen LogP contribution in [0, 0.1) is 18.2 Å². The first-order valence-electron chi connectivity index (χ1n) is 6.84. The van der Waals surface area contributed by atoms with E-state index in [4.69, 9.17) is 11.6 Å². The number of anilines is 1. The Morgan fingerprint density at radius 2 is 2.10 bits per heavy atom. The van der Waals surface area contributed by atoms with Gasteiger partial charge < -0.3 is 0 Å². The second kappa shape index (κ2) is 4.67. The maximum Gasteiger partial charge on any atom is 0.228 e. The minimum Gasteiger partial charge on any atom is -0.296 e. The van der Waals surface area contributed by atoms with E-state index in [0.717, 1.165) is 5.56 Å². The van der Waals surface area contributed by atoms with Crippen molar-refractivity contribution >= 4 is 34.2 Å². The molecule has 1 aliphatic rings. The molecule has 1 aromatic carbocycles. The molecular formula is C16H16ClFN2O. The van der Waals surface area contributed by atoms with E-state index in [1.807, 2.05) is 20.8 Å². The van der Waals surface area contributed by atoms with Gasteiger partial charge in [0.15, 0.2) is 0 Å². The van der Waals surface area contributed by atoms with E-state index in [2.05, 4.69) is 4.98 Å². The van der Waals surface area contributed by atoms with Crippen molar-refractivity contribution in [3.63, 3.8) is 0 Å². The molecule has 0 saturated carbocycles. The Morgan fingerprint density at radius 1 is 1.38 bits per heavy atom. The van der Waals surface area contributed by atoms with Gasteiger partial charge in [-0.1, -0.05) is 25.4 Å². The van der Waals surface area contributed by atoms with Crippen LogP contribution in [0.15, 0.2) is 18.2 Å². The molecule has 0 bridgehead atoms. The lowest BCUT2D eigenvalue weighted by molar-refractivity contribution is -0.117. The molecule has 110 valence electrons. The molecule has 1 amide bonds. The highest BCUT2D eigenvalue weighted by Crippen LogP contribution is 2.38. The topological polar surface area (TPSA) is 33.2 Å². The number of hydrogen-bond acceptors (Lipinski definition) is 2. The van der Waals surface area contributed by atoms with Crippen molar-refractivity contribution in [1.29, 1.82) is 0 Å². The summed E-state index contributed by atoms with van der Waals surface area (Å²) in [6.07, 6.45) is 0.479. The van der Waals surface area contributed by atoms with E-state index in [9.17, 15) is 9.18 Å². The Morgan fingerprint density at radius 3 is 2.71 bits per heavy atom. The zero-order valence-corrected chi connectivity index (χ0v) is 13.0. The molecule has 0 N–H and O–H groups in total. The molecule has 0 unspecified atom stereocenters. The first-order chi connectivity index (χ1) is 9.78. The third-order valence-electron chi connectivity index (χ3n) is 3.86. The molecule has 3 rings (SSSR count). The zero-order valence-electron chi connectivity index (χ0n) is 12.2. The molecule has 2 heterocycles. The van der Waals surface area contributed by atoms with Gasteiger partial charge in [-0.15, -0.1) is 0 Å². The number of fused-ring (bicyclic) bond motifs is 1. The van der Waals surface area contributed by atoms with E-state index in [1.165, 1.54) is 12.1 Å². The molecule has 2 aromatic rings. The molecule has 3 nitrogen and oxygen atoms in total. The first kappa shape index (κ1) is 14.3. The Hall–Kier alpha value is -1.68. The van der Waals surface area contributed by atoms with Crippen molar-refractivity contribution in [2.45, 2.75) is 27.2 Å². The summed E-state index contributed by atoms with van der Waals surface area (Å²) in [5.41, 5.74) is 1.13. The number of hydrogen-bond donors (Lipinski definition) is 0. The lowest BCUT2D eigenvalue weighted by Gasteiger charge is -2.21. The normalized spacial score (nSPS) is 17.8. The van der Waals surface area contributed by atoms with Crippen LogP contribution in [-0.2, 0) is 4.79 Å². The lowest BCUT2D eigenvalue weighted by atomic mass is 9.93. The highest BCUT2D eigenvalue weighted by atomic mass is 35.5. The SMILES string of the molecule is Cc1c(N2CC(C)(C)CC2=O)nc2cc(F)ccc2c1Cl. The Kier molecular flexibility index (Phi) is 3.17. The third-order valence-corrected chi connectivity index (χ3v) is 4.35. The molecule has 0 atom stereocenters. The van der Waals surface area contributed by atoms with Gasteiger partial charge in [-0.05, 0) is 24.5 Å². The van der Waals surface area contributed by atoms with Crippen LogP contribution in [0.3, 0.4) is 0 Å². The van der Waals surface area contributed by atoms with E-state index in [-0.39, 0.29) is 17.1 Å². The molecule has 0 radical (unpaired) electrons. The van der Waals surface area contributed by atoms with Crippen LogP contribution in [-0.4, -0.2) is 17.4 Å². The van der Waals surface area contributed by atoms with Gasteiger partial charge in [0, 0.05) is 30.0 Å². The van der Waals surface area contributed by atoms with Crippen molar-refractivity contribution < 1.29 is 9.18 Å². The summed E-state index contributed by atoms with van der Waals surface area (Å²) in [7, 11) is 0. The number of nitrogens with zero attached hydrogens (tertiary/aromatic N) is 2. The van der Waals surface area contributed by atoms with E-state index in [0.29, 0.717) is 34.7 Å². The zero-order chi connectivity index (χ0) is 15.4.